The molecule has 0 spiro atoms. The average molecular weight is 281 g/mol. The summed E-state index contributed by atoms with van der Waals surface area (Å²) < 4.78 is 0. The number of rotatable bonds is 5. The molecule has 0 aromatic rings. The number of piperazine rings is 1. The van der Waals surface area contributed by atoms with Gasteiger partial charge in [-0.05, 0) is 37.5 Å². The molecule has 3 atom stereocenters. The van der Waals surface area contributed by atoms with Crippen molar-refractivity contribution in [2.24, 2.45) is 17.6 Å². The minimum absolute atomic E-state index is 0.617. The fourth-order valence-electron chi connectivity index (χ4n) is 4.45. The van der Waals surface area contributed by atoms with E-state index in [-0.39, 0.29) is 0 Å². The second kappa shape index (κ2) is 7.77. The van der Waals surface area contributed by atoms with Crippen LogP contribution in [-0.2, 0) is 0 Å². The van der Waals surface area contributed by atoms with Crippen molar-refractivity contribution in [3.8, 4) is 0 Å². The molecule has 1 saturated carbocycles. The Morgan fingerprint density at radius 1 is 1.00 bits per heavy atom. The predicted octanol–water partition coefficient (Wildman–Crippen LogP) is 2.56. The molecule has 2 N–H and O–H groups in total. The molecular weight excluding hydrogens is 246 g/mol. The fourth-order valence-corrected chi connectivity index (χ4v) is 4.45. The van der Waals surface area contributed by atoms with Crippen LogP contribution in [0.3, 0.4) is 0 Å². The van der Waals surface area contributed by atoms with E-state index >= 15 is 0 Å². The van der Waals surface area contributed by atoms with Crippen molar-refractivity contribution < 1.29 is 0 Å². The van der Waals surface area contributed by atoms with Gasteiger partial charge in [-0.2, -0.15) is 0 Å². The SMILES string of the molecule is CCCC(CN)N1CCN(C2CC(C)CC(C)C2)CC1. The second-order valence-corrected chi connectivity index (χ2v) is 7.32. The van der Waals surface area contributed by atoms with Crippen LogP contribution in [0.15, 0.2) is 0 Å². The molecule has 20 heavy (non-hydrogen) atoms. The van der Waals surface area contributed by atoms with Crippen LogP contribution in [0.2, 0.25) is 0 Å². The number of hydrogen-bond donors (Lipinski definition) is 1. The van der Waals surface area contributed by atoms with E-state index in [0.717, 1.165) is 24.4 Å². The van der Waals surface area contributed by atoms with Crippen LogP contribution >= 0.6 is 0 Å². The predicted molar refractivity (Wildman–Crippen MR) is 86.9 cm³/mol. The van der Waals surface area contributed by atoms with Crippen LogP contribution in [0.1, 0.15) is 52.9 Å². The van der Waals surface area contributed by atoms with Crippen molar-refractivity contribution in [3.63, 3.8) is 0 Å². The van der Waals surface area contributed by atoms with Crippen LogP contribution in [0.4, 0.5) is 0 Å². The standard InChI is InChI=1S/C17H35N3/c1-4-5-16(13-18)19-6-8-20(9-7-19)17-11-14(2)10-15(3)12-17/h14-17H,4-13,18H2,1-3H3. The maximum atomic E-state index is 5.95. The quantitative estimate of drug-likeness (QED) is 0.840. The Bertz CT molecular complexity index is 263. The van der Waals surface area contributed by atoms with Gasteiger partial charge in [0.15, 0.2) is 0 Å². The third-order valence-corrected chi connectivity index (χ3v) is 5.43. The van der Waals surface area contributed by atoms with Crippen molar-refractivity contribution >= 4 is 0 Å². The van der Waals surface area contributed by atoms with E-state index in [2.05, 4.69) is 30.6 Å². The van der Waals surface area contributed by atoms with Crippen molar-refractivity contribution in [1.82, 2.24) is 9.80 Å². The molecule has 1 saturated heterocycles. The van der Waals surface area contributed by atoms with Gasteiger partial charge in [-0.1, -0.05) is 27.2 Å². The number of nitrogens with two attached hydrogens (primary N) is 1. The van der Waals surface area contributed by atoms with Gasteiger partial charge in [0.1, 0.15) is 0 Å². The van der Waals surface area contributed by atoms with Gasteiger partial charge < -0.3 is 5.73 Å². The summed E-state index contributed by atoms with van der Waals surface area (Å²) in [6.45, 7) is 12.9. The smallest absolute Gasteiger partial charge is 0.0219 e. The molecule has 2 rings (SSSR count). The molecule has 2 fully saturated rings. The zero-order valence-corrected chi connectivity index (χ0v) is 13.9. The highest BCUT2D eigenvalue weighted by Gasteiger charge is 2.31. The molecule has 3 unspecified atom stereocenters. The molecule has 0 aromatic carbocycles. The zero-order valence-electron chi connectivity index (χ0n) is 13.9. The first-order valence-electron chi connectivity index (χ1n) is 8.82. The topological polar surface area (TPSA) is 32.5 Å². The maximum Gasteiger partial charge on any atom is 0.0219 e. The summed E-state index contributed by atoms with van der Waals surface area (Å²) in [6, 6.07) is 1.46. The molecule has 0 radical (unpaired) electrons. The molecule has 1 aliphatic carbocycles. The lowest BCUT2D eigenvalue weighted by Gasteiger charge is -2.45. The Labute approximate surface area is 125 Å². The van der Waals surface area contributed by atoms with Gasteiger partial charge in [0.25, 0.3) is 0 Å². The van der Waals surface area contributed by atoms with E-state index < -0.39 is 0 Å². The summed E-state index contributed by atoms with van der Waals surface area (Å²) in [5.41, 5.74) is 5.95. The Kier molecular flexibility index (Phi) is 6.31. The zero-order chi connectivity index (χ0) is 14.5. The lowest BCUT2D eigenvalue weighted by Crippen LogP contribution is -2.55. The van der Waals surface area contributed by atoms with Gasteiger partial charge in [-0.15, -0.1) is 0 Å². The molecule has 3 nitrogen and oxygen atoms in total. The summed E-state index contributed by atoms with van der Waals surface area (Å²) in [5, 5.41) is 0. The van der Waals surface area contributed by atoms with E-state index in [9.17, 15) is 0 Å². The molecule has 3 heteroatoms. The maximum absolute atomic E-state index is 5.95. The lowest BCUT2D eigenvalue weighted by atomic mass is 9.79. The highest BCUT2D eigenvalue weighted by Crippen LogP contribution is 2.32. The van der Waals surface area contributed by atoms with E-state index in [0.29, 0.717) is 6.04 Å². The van der Waals surface area contributed by atoms with Crippen LogP contribution in [-0.4, -0.2) is 54.6 Å². The second-order valence-electron chi connectivity index (χ2n) is 7.32. The van der Waals surface area contributed by atoms with Crippen LogP contribution < -0.4 is 5.73 Å². The summed E-state index contributed by atoms with van der Waals surface area (Å²) >= 11 is 0. The van der Waals surface area contributed by atoms with E-state index in [1.54, 1.807) is 0 Å². The molecule has 2 aliphatic rings. The summed E-state index contributed by atoms with van der Waals surface area (Å²) in [6.07, 6.45) is 6.77. The molecule has 0 amide bonds. The monoisotopic (exact) mass is 281 g/mol. The van der Waals surface area contributed by atoms with Gasteiger partial charge in [0, 0.05) is 44.8 Å². The minimum atomic E-state index is 0.617. The van der Waals surface area contributed by atoms with Crippen LogP contribution in [0, 0.1) is 11.8 Å². The first kappa shape index (κ1) is 16.3. The van der Waals surface area contributed by atoms with Gasteiger partial charge in [0.2, 0.25) is 0 Å². The van der Waals surface area contributed by atoms with E-state index in [1.165, 1.54) is 58.3 Å². The van der Waals surface area contributed by atoms with E-state index in [1.807, 2.05) is 0 Å². The third-order valence-electron chi connectivity index (χ3n) is 5.43. The van der Waals surface area contributed by atoms with Gasteiger partial charge in [-0.25, -0.2) is 0 Å². The fraction of sp³-hybridized carbons (Fsp3) is 1.00. The van der Waals surface area contributed by atoms with Crippen LogP contribution in [0.5, 0.6) is 0 Å². The first-order valence-corrected chi connectivity index (χ1v) is 8.82. The Balaban J connectivity index is 1.81. The van der Waals surface area contributed by atoms with Crippen molar-refractivity contribution in [2.75, 3.05) is 32.7 Å². The van der Waals surface area contributed by atoms with Crippen LogP contribution in [0.25, 0.3) is 0 Å². The summed E-state index contributed by atoms with van der Waals surface area (Å²) in [5.74, 6) is 1.83. The molecular formula is C17H35N3. The third kappa shape index (κ3) is 4.19. The minimum Gasteiger partial charge on any atom is -0.329 e. The molecule has 1 aliphatic heterocycles. The first-order chi connectivity index (χ1) is 9.63. The molecule has 0 bridgehead atoms. The highest BCUT2D eigenvalue weighted by molar-refractivity contribution is 4.86. The lowest BCUT2D eigenvalue weighted by molar-refractivity contribution is 0.0393. The molecule has 0 aromatic heterocycles. The van der Waals surface area contributed by atoms with Gasteiger partial charge in [-0.3, -0.25) is 9.80 Å². The normalized spacial score (nSPS) is 35.1. The summed E-state index contributed by atoms with van der Waals surface area (Å²) in [4.78, 5) is 5.40. The average Bonchev–Trinajstić information content (AvgIpc) is 2.44. The Morgan fingerprint density at radius 3 is 2.10 bits per heavy atom. The largest absolute Gasteiger partial charge is 0.329 e. The molecule has 1 heterocycles. The highest BCUT2D eigenvalue weighted by atomic mass is 15.3. The van der Waals surface area contributed by atoms with Crippen molar-refractivity contribution in [3.05, 3.63) is 0 Å². The van der Waals surface area contributed by atoms with Crippen molar-refractivity contribution in [1.29, 1.82) is 0 Å². The van der Waals surface area contributed by atoms with Gasteiger partial charge >= 0.3 is 0 Å². The Morgan fingerprint density at radius 2 is 1.60 bits per heavy atom. The number of hydrogen-bond acceptors (Lipinski definition) is 3. The Hall–Kier alpha value is -0.120. The van der Waals surface area contributed by atoms with Crippen molar-refractivity contribution in [2.45, 2.75) is 65.0 Å². The number of nitrogens with zero attached hydrogens (tertiary/aromatic N) is 2. The molecule has 118 valence electrons. The van der Waals surface area contributed by atoms with E-state index in [4.69, 9.17) is 5.73 Å². The van der Waals surface area contributed by atoms with Gasteiger partial charge in [0.05, 0.1) is 0 Å². The summed E-state index contributed by atoms with van der Waals surface area (Å²) in [7, 11) is 0.